The number of phenols is 1. The van der Waals surface area contributed by atoms with Gasteiger partial charge in [0.25, 0.3) is 0 Å². The molecule has 37 heavy (non-hydrogen) atoms. The van der Waals surface area contributed by atoms with E-state index >= 15 is 0 Å². The van der Waals surface area contributed by atoms with Crippen LogP contribution in [0.4, 0.5) is 4.79 Å². The molecule has 1 aromatic rings. The lowest BCUT2D eigenvalue weighted by atomic mass is 9.84. The number of rotatable bonds is 9. The molecule has 1 aliphatic carbocycles. The number of ether oxygens (including phenoxy) is 2. The highest BCUT2D eigenvalue weighted by Gasteiger charge is 2.23. The van der Waals surface area contributed by atoms with E-state index < -0.39 is 11.7 Å². The number of carbonyl (C=O) groups excluding carboxylic acids is 1. The van der Waals surface area contributed by atoms with Crippen molar-refractivity contribution < 1.29 is 19.4 Å². The van der Waals surface area contributed by atoms with E-state index in [2.05, 4.69) is 52.6 Å². The molecule has 2 rings (SSSR count). The molecular formula is C32H55NO4. The number of benzene rings is 1. The molecule has 0 saturated carbocycles. The number of amides is 1. The van der Waals surface area contributed by atoms with Crippen LogP contribution in [0, 0.1) is 0 Å². The maximum atomic E-state index is 11.8. The number of alkyl carbamates (subject to hydrolysis) is 1. The number of phenolic OH excluding ortho intramolecular Hbond substituents is 1. The molecule has 1 amide bonds. The molecule has 1 atom stereocenters. The second-order valence-electron chi connectivity index (χ2n) is 11.0. The van der Waals surface area contributed by atoms with Gasteiger partial charge in [-0.05, 0) is 77.5 Å². The van der Waals surface area contributed by atoms with E-state index in [1.807, 2.05) is 39.8 Å². The molecule has 0 spiro atoms. The molecule has 2 N–H and O–H groups in total. The quantitative estimate of drug-likeness (QED) is 0.253. The Labute approximate surface area is 227 Å². The van der Waals surface area contributed by atoms with Crippen molar-refractivity contribution in [2.75, 3.05) is 13.2 Å². The van der Waals surface area contributed by atoms with Gasteiger partial charge in [0.2, 0.25) is 0 Å². The summed E-state index contributed by atoms with van der Waals surface area (Å²) in [5.41, 5.74) is 2.70. The zero-order chi connectivity index (χ0) is 28.4. The highest BCUT2D eigenvalue weighted by molar-refractivity contribution is 5.67. The van der Waals surface area contributed by atoms with Crippen LogP contribution in [-0.2, 0) is 4.74 Å². The van der Waals surface area contributed by atoms with Crippen LogP contribution in [0.5, 0.6) is 11.5 Å². The lowest BCUT2D eigenvalue weighted by Gasteiger charge is -2.24. The van der Waals surface area contributed by atoms with Gasteiger partial charge in [0, 0.05) is 11.5 Å². The van der Waals surface area contributed by atoms with Crippen LogP contribution in [-0.4, -0.2) is 30.0 Å². The average Bonchev–Trinajstić information content (AvgIpc) is 2.80. The zero-order valence-electron chi connectivity index (χ0n) is 25.2. The fraction of sp³-hybridized carbons (Fsp3) is 0.656. The number of allylic oxidation sites excluding steroid dienone is 3. The molecule has 5 heteroatoms. The summed E-state index contributed by atoms with van der Waals surface area (Å²) in [4.78, 5) is 11.8. The van der Waals surface area contributed by atoms with Crippen molar-refractivity contribution in [1.29, 1.82) is 0 Å². The summed E-state index contributed by atoms with van der Waals surface area (Å²) < 4.78 is 11.3. The van der Waals surface area contributed by atoms with Crippen molar-refractivity contribution in [3.05, 3.63) is 47.6 Å². The van der Waals surface area contributed by atoms with Crippen LogP contribution < -0.4 is 10.1 Å². The Hall–Kier alpha value is -2.43. The van der Waals surface area contributed by atoms with Gasteiger partial charge < -0.3 is 19.9 Å². The standard InChI is InChI=1S/C23H35NO4.C6H14.C3H6/c1-15(2)18-13-19(25)21(17-9-7-8-16(3)12-17)20(14-18)27-11-10-24-22(26)28-23(4,5)6;1-3-5-6-4-2;1-3-2/h12-15,17,25H,7-11H2,1-6H3,(H,24,26);3-6H2,1-2H3;3H,1H2,2H3. The number of hydrogen-bond acceptors (Lipinski definition) is 4. The van der Waals surface area contributed by atoms with E-state index in [1.54, 1.807) is 6.08 Å². The van der Waals surface area contributed by atoms with Crippen molar-refractivity contribution in [1.82, 2.24) is 5.32 Å². The van der Waals surface area contributed by atoms with Gasteiger partial charge in [-0.3, -0.25) is 0 Å². The number of carbonyl (C=O) groups is 1. The summed E-state index contributed by atoms with van der Waals surface area (Å²) in [6, 6.07) is 3.87. The maximum Gasteiger partial charge on any atom is 0.407 e. The fourth-order valence-corrected chi connectivity index (χ4v) is 3.92. The van der Waals surface area contributed by atoms with Gasteiger partial charge in [0.05, 0.1) is 6.54 Å². The zero-order valence-corrected chi connectivity index (χ0v) is 25.2. The van der Waals surface area contributed by atoms with Crippen molar-refractivity contribution in [2.24, 2.45) is 0 Å². The van der Waals surface area contributed by atoms with E-state index in [0.717, 1.165) is 30.4 Å². The minimum atomic E-state index is -0.527. The van der Waals surface area contributed by atoms with Crippen LogP contribution in [0.25, 0.3) is 0 Å². The highest BCUT2D eigenvalue weighted by atomic mass is 16.6. The van der Waals surface area contributed by atoms with Crippen LogP contribution >= 0.6 is 0 Å². The molecule has 0 aliphatic heterocycles. The second-order valence-corrected chi connectivity index (χ2v) is 11.0. The maximum absolute atomic E-state index is 11.8. The van der Waals surface area contributed by atoms with E-state index in [4.69, 9.17) is 9.47 Å². The van der Waals surface area contributed by atoms with E-state index in [-0.39, 0.29) is 17.6 Å². The largest absolute Gasteiger partial charge is 0.507 e. The molecule has 0 heterocycles. The van der Waals surface area contributed by atoms with Gasteiger partial charge >= 0.3 is 6.09 Å². The second kappa shape index (κ2) is 18.8. The van der Waals surface area contributed by atoms with E-state index in [1.165, 1.54) is 31.3 Å². The Morgan fingerprint density at radius 2 is 1.81 bits per heavy atom. The van der Waals surface area contributed by atoms with Crippen LogP contribution in [0.2, 0.25) is 0 Å². The van der Waals surface area contributed by atoms with Crippen molar-refractivity contribution in [3.63, 3.8) is 0 Å². The Morgan fingerprint density at radius 3 is 2.30 bits per heavy atom. The summed E-state index contributed by atoms with van der Waals surface area (Å²) >= 11 is 0. The molecular weight excluding hydrogens is 462 g/mol. The third-order valence-corrected chi connectivity index (χ3v) is 5.74. The lowest BCUT2D eigenvalue weighted by molar-refractivity contribution is 0.0520. The molecule has 0 saturated heterocycles. The molecule has 0 bridgehead atoms. The van der Waals surface area contributed by atoms with Gasteiger partial charge in [0.1, 0.15) is 23.7 Å². The summed E-state index contributed by atoms with van der Waals surface area (Å²) in [5, 5.41) is 13.4. The van der Waals surface area contributed by atoms with E-state index in [0.29, 0.717) is 18.9 Å². The number of hydrogen-bond donors (Lipinski definition) is 2. The van der Waals surface area contributed by atoms with Crippen LogP contribution in [0.1, 0.15) is 130 Å². The highest BCUT2D eigenvalue weighted by Crippen LogP contribution is 2.42. The Balaban J connectivity index is 0.00000124. The third kappa shape index (κ3) is 15.4. The minimum absolute atomic E-state index is 0.156. The molecule has 1 unspecified atom stereocenters. The lowest BCUT2D eigenvalue weighted by Crippen LogP contribution is -2.34. The Kier molecular flexibility index (Phi) is 17.5. The van der Waals surface area contributed by atoms with Crippen LogP contribution in [0.15, 0.2) is 36.4 Å². The molecule has 212 valence electrons. The van der Waals surface area contributed by atoms with Gasteiger partial charge in [0.15, 0.2) is 0 Å². The number of aromatic hydroxyl groups is 1. The first-order valence-corrected chi connectivity index (χ1v) is 14.1. The van der Waals surface area contributed by atoms with Gasteiger partial charge in [-0.25, -0.2) is 4.79 Å². The van der Waals surface area contributed by atoms with Gasteiger partial charge in [-0.2, -0.15) is 0 Å². The molecule has 0 aromatic heterocycles. The molecule has 0 fully saturated rings. The summed E-state index contributed by atoms with van der Waals surface area (Å²) in [7, 11) is 0. The summed E-state index contributed by atoms with van der Waals surface area (Å²) in [6.07, 6.45) is 12.3. The molecule has 0 radical (unpaired) electrons. The summed E-state index contributed by atoms with van der Waals surface area (Å²) in [6.45, 7) is 22.2. The first-order chi connectivity index (χ1) is 17.4. The molecule has 1 aromatic carbocycles. The smallest absolute Gasteiger partial charge is 0.407 e. The first kappa shape index (κ1) is 34.6. The minimum Gasteiger partial charge on any atom is -0.507 e. The monoisotopic (exact) mass is 517 g/mol. The predicted molar refractivity (Wildman–Crippen MR) is 158 cm³/mol. The Bertz CT molecular complexity index is 817. The Morgan fingerprint density at radius 1 is 1.22 bits per heavy atom. The van der Waals surface area contributed by atoms with Crippen molar-refractivity contribution in [3.8, 4) is 11.5 Å². The van der Waals surface area contributed by atoms with Crippen LogP contribution in [0.3, 0.4) is 0 Å². The van der Waals surface area contributed by atoms with E-state index in [9.17, 15) is 9.90 Å². The summed E-state index contributed by atoms with van der Waals surface area (Å²) in [5.74, 6) is 1.43. The topological polar surface area (TPSA) is 67.8 Å². The molecule has 1 aliphatic rings. The van der Waals surface area contributed by atoms with Gasteiger partial charge in [-0.15, -0.1) is 6.58 Å². The third-order valence-electron chi connectivity index (χ3n) is 5.74. The predicted octanol–water partition coefficient (Wildman–Crippen LogP) is 9.41. The van der Waals surface area contributed by atoms with Gasteiger partial charge in [-0.1, -0.05) is 71.1 Å². The first-order valence-electron chi connectivity index (χ1n) is 14.1. The van der Waals surface area contributed by atoms with Crippen molar-refractivity contribution >= 4 is 6.09 Å². The fourth-order valence-electron chi connectivity index (χ4n) is 3.92. The SMILES string of the molecule is C=CC.CC1=CC(c2c(O)cc(C(C)C)cc2OCCNC(=O)OC(C)(C)C)CCC1.CCCCCC. The number of nitrogens with one attached hydrogen (secondary N) is 1. The van der Waals surface area contributed by atoms with Crippen molar-refractivity contribution in [2.45, 2.75) is 125 Å². The average molecular weight is 518 g/mol. The normalized spacial score (nSPS) is 14.9. The molecule has 5 nitrogen and oxygen atoms in total. The number of unbranched alkanes of at least 4 members (excludes halogenated alkanes) is 3.